The summed E-state index contributed by atoms with van der Waals surface area (Å²) in [7, 11) is 0. The molecule has 1 saturated carbocycles. The molecular weight excluding hydrogens is 254 g/mol. The number of hydrogen-bond donors (Lipinski definition) is 2. The van der Waals surface area contributed by atoms with Crippen molar-refractivity contribution in [3.63, 3.8) is 0 Å². The lowest BCUT2D eigenvalue weighted by molar-refractivity contribution is -0.121. The zero-order valence-electron chi connectivity index (χ0n) is 12.5. The number of imide groups is 1. The van der Waals surface area contributed by atoms with E-state index in [4.69, 9.17) is 0 Å². The second-order valence-corrected chi connectivity index (χ2v) is 6.34. The van der Waals surface area contributed by atoms with Crippen LogP contribution in [0.3, 0.4) is 0 Å². The van der Waals surface area contributed by atoms with Gasteiger partial charge in [0.15, 0.2) is 0 Å². The molecule has 114 valence electrons. The fourth-order valence-corrected chi connectivity index (χ4v) is 3.27. The molecule has 5 nitrogen and oxygen atoms in total. The molecule has 2 aliphatic rings. The van der Waals surface area contributed by atoms with E-state index in [0.29, 0.717) is 12.5 Å². The number of hydrogen-bond acceptors (Lipinski definition) is 3. The van der Waals surface area contributed by atoms with Crippen LogP contribution in [0, 0.1) is 5.92 Å². The first-order valence-corrected chi connectivity index (χ1v) is 7.96. The Morgan fingerprint density at radius 2 is 1.85 bits per heavy atom. The highest BCUT2D eigenvalue weighted by atomic mass is 16.2. The molecule has 0 aromatic rings. The van der Waals surface area contributed by atoms with Crippen LogP contribution in [-0.2, 0) is 4.79 Å². The highest BCUT2D eigenvalue weighted by Gasteiger charge is 2.20. The van der Waals surface area contributed by atoms with E-state index in [1.807, 2.05) is 0 Å². The molecule has 0 aromatic carbocycles. The zero-order valence-corrected chi connectivity index (χ0v) is 12.5. The summed E-state index contributed by atoms with van der Waals surface area (Å²) in [6.45, 7) is 4.46. The number of amides is 3. The van der Waals surface area contributed by atoms with Crippen molar-refractivity contribution in [1.82, 2.24) is 15.5 Å². The zero-order chi connectivity index (χ0) is 14.4. The summed E-state index contributed by atoms with van der Waals surface area (Å²) in [6, 6.07) is -0.0847. The molecule has 1 atom stereocenters. The predicted octanol–water partition coefficient (Wildman–Crippen LogP) is 1.88. The molecule has 0 aromatic heterocycles. The molecule has 1 heterocycles. The number of urea groups is 1. The maximum absolute atomic E-state index is 11.9. The van der Waals surface area contributed by atoms with Gasteiger partial charge in [-0.15, -0.1) is 0 Å². The van der Waals surface area contributed by atoms with Crippen molar-refractivity contribution in [2.75, 3.05) is 19.6 Å². The van der Waals surface area contributed by atoms with Gasteiger partial charge in [0.2, 0.25) is 5.91 Å². The third-order valence-corrected chi connectivity index (χ3v) is 4.30. The second kappa shape index (κ2) is 7.62. The number of likely N-dealkylation sites (tertiary alicyclic amines) is 1. The van der Waals surface area contributed by atoms with E-state index < -0.39 is 0 Å². The number of nitrogens with zero attached hydrogens (tertiary/aromatic N) is 1. The largest absolute Gasteiger partial charge is 0.335 e. The summed E-state index contributed by atoms with van der Waals surface area (Å²) in [5.74, 6) is 0.458. The highest BCUT2D eigenvalue weighted by molar-refractivity contribution is 5.95. The van der Waals surface area contributed by atoms with E-state index in [1.165, 1.54) is 25.7 Å². The molecule has 20 heavy (non-hydrogen) atoms. The Morgan fingerprint density at radius 3 is 2.55 bits per heavy atom. The van der Waals surface area contributed by atoms with Gasteiger partial charge in [-0.1, -0.05) is 26.2 Å². The Labute approximate surface area is 121 Å². The lowest BCUT2D eigenvalue weighted by atomic mass is 9.96. The molecule has 0 unspecified atom stereocenters. The van der Waals surface area contributed by atoms with Crippen LogP contribution in [-0.4, -0.2) is 42.5 Å². The first kappa shape index (κ1) is 15.3. The first-order valence-electron chi connectivity index (χ1n) is 7.96. The van der Waals surface area contributed by atoms with Crippen LogP contribution in [0.5, 0.6) is 0 Å². The SMILES string of the molecule is C[C@@H]1CCCN(CC(=O)NC(=O)NC2CCCCC2)C1. The van der Waals surface area contributed by atoms with E-state index in [1.54, 1.807) is 0 Å². The second-order valence-electron chi connectivity index (χ2n) is 6.34. The van der Waals surface area contributed by atoms with Gasteiger partial charge in [0, 0.05) is 12.6 Å². The molecular formula is C15H27N3O2. The lowest BCUT2D eigenvalue weighted by Crippen LogP contribution is -2.49. The van der Waals surface area contributed by atoms with Gasteiger partial charge < -0.3 is 5.32 Å². The fourth-order valence-electron chi connectivity index (χ4n) is 3.27. The first-order chi connectivity index (χ1) is 9.63. The van der Waals surface area contributed by atoms with Gasteiger partial charge >= 0.3 is 6.03 Å². The minimum atomic E-state index is -0.327. The number of nitrogens with one attached hydrogen (secondary N) is 2. The topological polar surface area (TPSA) is 61.4 Å². The van der Waals surface area contributed by atoms with E-state index >= 15 is 0 Å². The van der Waals surface area contributed by atoms with Gasteiger partial charge in [0.25, 0.3) is 0 Å². The van der Waals surface area contributed by atoms with Gasteiger partial charge in [-0.25, -0.2) is 4.79 Å². The molecule has 1 saturated heterocycles. The van der Waals surface area contributed by atoms with Gasteiger partial charge in [-0.2, -0.15) is 0 Å². The summed E-state index contributed by atoms with van der Waals surface area (Å²) in [6.07, 6.45) is 8.04. The summed E-state index contributed by atoms with van der Waals surface area (Å²) in [5.41, 5.74) is 0. The number of piperidine rings is 1. The summed E-state index contributed by atoms with van der Waals surface area (Å²) >= 11 is 0. The van der Waals surface area contributed by atoms with Crippen LogP contribution < -0.4 is 10.6 Å². The van der Waals surface area contributed by atoms with E-state index in [9.17, 15) is 9.59 Å². The Kier molecular flexibility index (Phi) is 5.83. The minimum absolute atomic E-state index is 0.188. The number of carbonyl (C=O) groups is 2. The normalized spacial score (nSPS) is 25.1. The standard InChI is InChI=1S/C15H27N3O2/c1-12-6-5-9-18(10-12)11-14(19)17-15(20)16-13-7-3-2-4-8-13/h12-13H,2-11H2,1H3,(H2,16,17,19,20)/t12-/m1/s1. The van der Waals surface area contributed by atoms with Gasteiger partial charge in [0.05, 0.1) is 6.54 Å². The van der Waals surface area contributed by atoms with Crippen LogP contribution in [0.4, 0.5) is 4.79 Å². The molecule has 2 rings (SSSR count). The molecule has 0 radical (unpaired) electrons. The van der Waals surface area contributed by atoms with Gasteiger partial charge in [0.1, 0.15) is 0 Å². The van der Waals surface area contributed by atoms with Crippen molar-refractivity contribution in [1.29, 1.82) is 0 Å². The fraction of sp³-hybridized carbons (Fsp3) is 0.867. The molecule has 2 N–H and O–H groups in total. The Balaban J connectivity index is 1.66. The molecule has 0 spiro atoms. The van der Waals surface area contributed by atoms with Crippen molar-refractivity contribution in [3.05, 3.63) is 0 Å². The maximum Gasteiger partial charge on any atom is 0.321 e. The molecule has 1 aliphatic carbocycles. The van der Waals surface area contributed by atoms with Gasteiger partial charge in [-0.05, 0) is 38.1 Å². The average molecular weight is 281 g/mol. The third-order valence-electron chi connectivity index (χ3n) is 4.30. The summed E-state index contributed by atoms with van der Waals surface area (Å²) < 4.78 is 0. The van der Waals surface area contributed by atoms with Crippen LogP contribution in [0.25, 0.3) is 0 Å². The molecule has 1 aliphatic heterocycles. The Bertz CT molecular complexity index is 340. The van der Waals surface area contributed by atoms with Crippen LogP contribution in [0.15, 0.2) is 0 Å². The average Bonchev–Trinajstić information content (AvgIpc) is 2.39. The summed E-state index contributed by atoms with van der Waals surface area (Å²) in [5, 5.41) is 5.37. The predicted molar refractivity (Wildman–Crippen MR) is 78.4 cm³/mol. The maximum atomic E-state index is 11.9. The van der Waals surface area contributed by atoms with Crippen molar-refractivity contribution in [3.8, 4) is 0 Å². The smallest absolute Gasteiger partial charge is 0.321 e. The molecule has 2 fully saturated rings. The number of carbonyl (C=O) groups excluding carboxylic acids is 2. The lowest BCUT2D eigenvalue weighted by Gasteiger charge is -2.30. The number of rotatable bonds is 3. The van der Waals surface area contributed by atoms with Crippen molar-refractivity contribution >= 4 is 11.9 Å². The quantitative estimate of drug-likeness (QED) is 0.830. The third kappa shape index (κ3) is 5.12. The molecule has 5 heteroatoms. The van der Waals surface area contributed by atoms with Crippen LogP contribution >= 0.6 is 0 Å². The van der Waals surface area contributed by atoms with Crippen molar-refractivity contribution in [2.45, 2.75) is 57.9 Å². The molecule has 3 amide bonds. The van der Waals surface area contributed by atoms with E-state index in [2.05, 4.69) is 22.5 Å². The van der Waals surface area contributed by atoms with Crippen molar-refractivity contribution in [2.24, 2.45) is 5.92 Å². The minimum Gasteiger partial charge on any atom is -0.335 e. The molecule has 0 bridgehead atoms. The Morgan fingerprint density at radius 1 is 1.10 bits per heavy atom. The van der Waals surface area contributed by atoms with Gasteiger partial charge in [-0.3, -0.25) is 15.0 Å². The Hall–Kier alpha value is -1.10. The van der Waals surface area contributed by atoms with Crippen LogP contribution in [0.2, 0.25) is 0 Å². The highest BCUT2D eigenvalue weighted by Crippen LogP contribution is 2.17. The monoisotopic (exact) mass is 281 g/mol. The van der Waals surface area contributed by atoms with E-state index in [-0.39, 0.29) is 18.0 Å². The van der Waals surface area contributed by atoms with Crippen molar-refractivity contribution < 1.29 is 9.59 Å². The summed E-state index contributed by atoms with van der Waals surface area (Å²) in [4.78, 5) is 25.8. The van der Waals surface area contributed by atoms with E-state index in [0.717, 1.165) is 32.4 Å². The van der Waals surface area contributed by atoms with Crippen LogP contribution in [0.1, 0.15) is 51.9 Å².